The van der Waals surface area contributed by atoms with Crippen LogP contribution in [-0.4, -0.2) is 47.8 Å². The lowest BCUT2D eigenvalue weighted by atomic mass is 10.1. The van der Waals surface area contributed by atoms with Crippen molar-refractivity contribution in [3.05, 3.63) is 63.2 Å². The normalized spacial score (nSPS) is 14.0. The largest absolute Gasteiger partial charge is 0.365 e. The maximum absolute atomic E-state index is 12.7. The summed E-state index contributed by atoms with van der Waals surface area (Å²) in [5.74, 6) is -0.309. The molecular formula is C21H23ClN4O4. The van der Waals surface area contributed by atoms with Crippen LogP contribution in [0.1, 0.15) is 24.2 Å². The van der Waals surface area contributed by atoms with Crippen LogP contribution in [-0.2, 0) is 4.79 Å². The number of rotatable bonds is 5. The second-order valence-electron chi connectivity index (χ2n) is 7.36. The van der Waals surface area contributed by atoms with Gasteiger partial charge in [0.2, 0.25) is 5.91 Å². The molecule has 2 aromatic rings. The summed E-state index contributed by atoms with van der Waals surface area (Å²) in [4.78, 5) is 39.1. The third-order valence-electron chi connectivity index (χ3n) is 4.98. The molecular weight excluding hydrogens is 408 g/mol. The summed E-state index contributed by atoms with van der Waals surface area (Å²) in [6.07, 6.45) is 0. The zero-order chi connectivity index (χ0) is 21.8. The fraction of sp³-hybridized carbons (Fsp3) is 0.333. The minimum absolute atomic E-state index is 0.0478. The Morgan fingerprint density at radius 1 is 1.07 bits per heavy atom. The molecule has 0 saturated carbocycles. The number of anilines is 2. The Morgan fingerprint density at radius 2 is 1.70 bits per heavy atom. The zero-order valence-corrected chi connectivity index (χ0v) is 17.6. The first-order chi connectivity index (χ1) is 14.3. The molecule has 1 aliphatic heterocycles. The van der Waals surface area contributed by atoms with Gasteiger partial charge < -0.3 is 15.1 Å². The number of nitrogens with one attached hydrogen (secondary N) is 1. The Bertz CT molecular complexity index is 954. The number of halogens is 1. The van der Waals surface area contributed by atoms with Crippen LogP contribution in [0.25, 0.3) is 0 Å². The fourth-order valence-corrected chi connectivity index (χ4v) is 3.68. The number of hydrogen-bond donors (Lipinski definition) is 1. The number of nitro benzene ring substituents is 1. The van der Waals surface area contributed by atoms with Crippen molar-refractivity contribution in [1.29, 1.82) is 0 Å². The molecule has 0 atom stereocenters. The minimum Gasteiger partial charge on any atom is -0.365 e. The zero-order valence-electron chi connectivity index (χ0n) is 16.8. The van der Waals surface area contributed by atoms with E-state index in [-0.39, 0.29) is 23.4 Å². The van der Waals surface area contributed by atoms with Crippen molar-refractivity contribution in [2.45, 2.75) is 13.8 Å². The summed E-state index contributed by atoms with van der Waals surface area (Å²) < 4.78 is 0. The van der Waals surface area contributed by atoms with Crippen molar-refractivity contribution in [2.75, 3.05) is 36.4 Å². The molecule has 2 aromatic carbocycles. The Labute approximate surface area is 179 Å². The summed E-state index contributed by atoms with van der Waals surface area (Å²) >= 11 is 6.45. The molecule has 1 saturated heterocycles. The highest BCUT2D eigenvalue weighted by atomic mass is 35.5. The second kappa shape index (κ2) is 9.13. The van der Waals surface area contributed by atoms with Crippen molar-refractivity contribution < 1.29 is 14.5 Å². The van der Waals surface area contributed by atoms with Crippen LogP contribution in [0.3, 0.4) is 0 Å². The molecule has 1 heterocycles. The van der Waals surface area contributed by atoms with E-state index in [2.05, 4.69) is 10.2 Å². The van der Waals surface area contributed by atoms with Gasteiger partial charge in [0.05, 0.1) is 21.3 Å². The Morgan fingerprint density at radius 3 is 2.27 bits per heavy atom. The maximum Gasteiger partial charge on any atom is 0.269 e. The lowest BCUT2D eigenvalue weighted by Gasteiger charge is -2.38. The van der Waals surface area contributed by atoms with E-state index in [0.717, 1.165) is 0 Å². The molecule has 8 nitrogen and oxygen atoms in total. The number of non-ortho nitro benzene ring substituents is 1. The van der Waals surface area contributed by atoms with Crippen LogP contribution in [0.2, 0.25) is 5.02 Å². The fourth-order valence-electron chi connectivity index (χ4n) is 3.38. The summed E-state index contributed by atoms with van der Waals surface area (Å²) in [7, 11) is 0. The molecule has 3 rings (SSSR count). The molecule has 9 heteroatoms. The van der Waals surface area contributed by atoms with E-state index in [1.165, 1.54) is 24.3 Å². The molecule has 1 aliphatic rings. The second-order valence-corrected chi connectivity index (χ2v) is 7.77. The van der Waals surface area contributed by atoms with Gasteiger partial charge in [-0.2, -0.15) is 0 Å². The predicted molar refractivity (Wildman–Crippen MR) is 116 cm³/mol. The third-order valence-corrected chi connectivity index (χ3v) is 5.28. The Kier molecular flexibility index (Phi) is 6.56. The van der Waals surface area contributed by atoms with Gasteiger partial charge in [0.1, 0.15) is 0 Å². The van der Waals surface area contributed by atoms with E-state index in [0.29, 0.717) is 48.1 Å². The molecule has 1 N–H and O–H groups in total. The topological polar surface area (TPSA) is 95.8 Å². The van der Waals surface area contributed by atoms with Crippen molar-refractivity contribution in [2.24, 2.45) is 5.92 Å². The molecule has 30 heavy (non-hydrogen) atoms. The van der Waals surface area contributed by atoms with Crippen molar-refractivity contribution in [3.8, 4) is 0 Å². The summed E-state index contributed by atoms with van der Waals surface area (Å²) in [5.41, 5.74) is 1.48. The quantitative estimate of drug-likeness (QED) is 0.574. The highest BCUT2D eigenvalue weighted by Gasteiger charge is 2.25. The summed E-state index contributed by atoms with van der Waals surface area (Å²) in [6, 6.07) is 10.7. The molecule has 1 fully saturated rings. The monoisotopic (exact) mass is 430 g/mol. The molecule has 0 bridgehead atoms. The van der Waals surface area contributed by atoms with E-state index in [9.17, 15) is 19.7 Å². The Hall–Kier alpha value is -3.13. The predicted octanol–water partition coefficient (Wildman–Crippen LogP) is 3.81. The van der Waals surface area contributed by atoms with Crippen LogP contribution >= 0.6 is 11.6 Å². The number of benzene rings is 2. The van der Waals surface area contributed by atoms with Crippen LogP contribution in [0.5, 0.6) is 0 Å². The van der Waals surface area contributed by atoms with Gasteiger partial charge in [-0.25, -0.2) is 0 Å². The van der Waals surface area contributed by atoms with Gasteiger partial charge in [-0.1, -0.05) is 31.5 Å². The van der Waals surface area contributed by atoms with Gasteiger partial charge in [0, 0.05) is 49.8 Å². The average molecular weight is 431 g/mol. The van der Waals surface area contributed by atoms with E-state index in [1.54, 1.807) is 18.2 Å². The number of carbonyl (C=O) groups is 2. The van der Waals surface area contributed by atoms with Crippen LogP contribution in [0.4, 0.5) is 17.1 Å². The average Bonchev–Trinajstić information content (AvgIpc) is 2.73. The van der Waals surface area contributed by atoms with Gasteiger partial charge in [0.25, 0.3) is 11.6 Å². The van der Waals surface area contributed by atoms with E-state index in [1.807, 2.05) is 18.7 Å². The van der Waals surface area contributed by atoms with Crippen LogP contribution < -0.4 is 10.2 Å². The lowest BCUT2D eigenvalue weighted by molar-refractivity contribution is -0.384. The lowest BCUT2D eigenvalue weighted by Crippen LogP contribution is -2.50. The summed E-state index contributed by atoms with van der Waals surface area (Å²) in [5, 5.41) is 14.1. The number of piperazine rings is 1. The van der Waals surface area contributed by atoms with Gasteiger partial charge in [-0.05, 0) is 24.3 Å². The van der Waals surface area contributed by atoms with Gasteiger partial charge >= 0.3 is 0 Å². The molecule has 0 unspecified atom stereocenters. The number of hydrogen-bond acceptors (Lipinski definition) is 5. The maximum atomic E-state index is 12.7. The summed E-state index contributed by atoms with van der Waals surface area (Å²) in [6.45, 7) is 6.13. The first-order valence-electron chi connectivity index (χ1n) is 9.66. The van der Waals surface area contributed by atoms with Gasteiger partial charge in [-0.15, -0.1) is 0 Å². The molecule has 158 valence electrons. The van der Waals surface area contributed by atoms with Crippen molar-refractivity contribution >= 4 is 40.5 Å². The van der Waals surface area contributed by atoms with E-state index < -0.39 is 4.92 Å². The number of para-hydroxylation sites is 1. The number of amides is 2. The number of carbonyl (C=O) groups excluding carboxylic acids is 2. The highest BCUT2D eigenvalue weighted by Crippen LogP contribution is 2.35. The van der Waals surface area contributed by atoms with Gasteiger partial charge in [0.15, 0.2) is 0 Å². The van der Waals surface area contributed by atoms with E-state index >= 15 is 0 Å². The number of nitrogens with zero attached hydrogens (tertiary/aromatic N) is 3. The highest BCUT2D eigenvalue weighted by molar-refractivity contribution is 6.34. The first kappa shape index (κ1) is 21.6. The molecule has 0 radical (unpaired) electrons. The third kappa shape index (κ3) is 4.71. The molecule has 2 amide bonds. The van der Waals surface area contributed by atoms with Crippen molar-refractivity contribution in [1.82, 2.24) is 4.90 Å². The van der Waals surface area contributed by atoms with Crippen LogP contribution in [0.15, 0.2) is 42.5 Å². The first-order valence-corrected chi connectivity index (χ1v) is 10.0. The number of nitro groups is 1. The standard InChI is InChI=1S/C21H23ClN4O4/c1-14(2)21(28)25-12-10-24(11-13-25)19-17(22)4-3-5-18(19)23-20(27)15-6-8-16(9-7-15)26(29)30/h3-9,14H,10-13H2,1-2H3,(H,23,27). The van der Waals surface area contributed by atoms with Crippen LogP contribution in [0, 0.1) is 16.0 Å². The Balaban J connectivity index is 1.76. The smallest absolute Gasteiger partial charge is 0.269 e. The molecule has 0 spiro atoms. The van der Waals surface area contributed by atoms with Crippen molar-refractivity contribution in [3.63, 3.8) is 0 Å². The van der Waals surface area contributed by atoms with E-state index in [4.69, 9.17) is 11.6 Å². The SMILES string of the molecule is CC(C)C(=O)N1CCN(c2c(Cl)cccc2NC(=O)c2ccc([N+](=O)[O-])cc2)CC1. The van der Waals surface area contributed by atoms with Gasteiger partial charge in [-0.3, -0.25) is 19.7 Å². The minimum atomic E-state index is -0.513. The molecule has 0 aromatic heterocycles. The molecule has 0 aliphatic carbocycles.